The standard InChI is InChI=1S/C26H34N2O2S/c1-7-9-19(2)12-13-20(3)23-14-15-25(22(5)18-23)31(29,30)28-17-16-27(6)24-11-8-10-21(4)26(24)28/h8-11,13-15,18H,7,12,16-17H2,1-6H3/b19-9-,20-13+. The van der Waals surface area contributed by atoms with Gasteiger partial charge in [0, 0.05) is 13.6 Å². The van der Waals surface area contributed by atoms with Gasteiger partial charge >= 0.3 is 0 Å². The van der Waals surface area contributed by atoms with E-state index in [4.69, 9.17) is 0 Å². The average Bonchev–Trinajstić information content (AvgIpc) is 2.72. The van der Waals surface area contributed by atoms with Gasteiger partial charge in [-0.25, -0.2) is 8.42 Å². The summed E-state index contributed by atoms with van der Waals surface area (Å²) in [6.07, 6.45) is 6.40. The normalized spacial score (nSPS) is 15.3. The van der Waals surface area contributed by atoms with Crippen LogP contribution >= 0.6 is 0 Å². The summed E-state index contributed by atoms with van der Waals surface area (Å²) in [5.74, 6) is 0. The monoisotopic (exact) mass is 438 g/mol. The zero-order chi connectivity index (χ0) is 22.8. The number of fused-ring (bicyclic) bond motifs is 1. The fraction of sp³-hybridized carbons (Fsp3) is 0.385. The molecule has 1 aliphatic rings. The number of hydrogen-bond acceptors (Lipinski definition) is 3. The molecule has 0 radical (unpaired) electrons. The number of sulfonamides is 1. The van der Waals surface area contributed by atoms with Crippen molar-refractivity contribution in [3.8, 4) is 0 Å². The van der Waals surface area contributed by atoms with Gasteiger partial charge in [-0.05, 0) is 74.9 Å². The third-order valence-corrected chi connectivity index (χ3v) is 7.96. The largest absolute Gasteiger partial charge is 0.371 e. The first-order chi connectivity index (χ1) is 14.7. The number of hydrogen-bond donors (Lipinski definition) is 0. The molecule has 0 spiro atoms. The molecule has 0 atom stereocenters. The number of allylic oxidation sites excluding steroid dienone is 4. The highest BCUT2D eigenvalue weighted by atomic mass is 32.2. The Morgan fingerprint density at radius 1 is 1.03 bits per heavy atom. The first kappa shape index (κ1) is 23.1. The molecular formula is C26H34N2O2S. The van der Waals surface area contributed by atoms with E-state index in [9.17, 15) is 8.42 Å². The van der Waals surface area contributed by atoms with Crippen molar-refractivity contribution in [2.75, 3.05) is 29.3 Å². The number of likely N-dealkylation sites (N-methyl/N-ethyl adjacent to an activating group) is 1. The minimum absolute atomic E-state index is 0.380. The van der Waals surface area contributed by atoms with Crippen LogP contribution in [0.5, 0.6) is 0 Å². The van der Waals surface area contributed by atoms with Gasteiger partial charge in [0.2, 0.25) is 0 Å². The molecule has 31 heavy (non-hydrogen) atoms. The summed E-state index contributed by atoms with van der Waals surface area (Å²) >= 11 is 0. The molecule has 2 aromatic rings. The van der Waals surface area contributed by atoms with Gasteiger partial charge in [0.05, 0.1) is 22.8 Å². The van der Waals surface area contributed by atoms with Gasteiger partial charge in [0.15, 0.2) is 0 Å². The molecule has 3 rings (SSSR count). The first-order valence-electron chi connectivity index (χ1n) is 10.9. The van der Waals surface area contributed by atoms with Crippen LogP contribution in [-0.2, 0) is 10.0 Å². The van der Waals surface area contributed by atoms with E-state index in [1.54, 1.807) is 10.4 Å². The van der Waals surface area contributed by atoms with Crippen LogP contribution in [0.25, 0.3) is 5.57 Å². The molecule has 0 aromatic heterocycles. The predicted molar refractivity (Wildman–Crippen MR) is 132 cm³/mol. The third kappa shape index (κ3) is 4.72. The van der Waals surface area contributed by atoms with Crippen molar-refractivity contribution in [1.29, 1.82) is 0 Å². The molecule has 166 valence electrons. The summed E-state index contributed by atoms with van der Waals surface area (Å²) in [6, 6.07) is 11.6. The van der Waals surface area contributed by atoms with Gasteiger partial charge in [-0.15, -0.1) is 0 Å². The number of rotatable bonds is 6. The molecule has 0 unspecified atom stereocenters. The summed E-state index contributed by atoms with van der Waals surface area (Å²) < 4.78 is 29.0. The van der Waals surface area contributed by atoms with E-state index >= 15 is 0 Å². The highest BCUT2D eigenvalue weighted by molar-refractivity contribution is 7.93. The minimum atomic E-state index is -3.65. The SMILES string of the molecule is CC/C=C(/C)C/C=C(\C)c1ccc(S(=O)(=O)N2CCN(C)c3cccc(C)c32)c(C)c1. The van der Waals surface area contributed by atoms with Crippen molar-refractivity contribution in [2.24, 2.45) is 0 Å². The van der Waals surface area contributed by atoms with Crippen LogP contribution in [-0.4, -0.2) is 28.6 Å². The lowest BCUT2D eigenvalue weighted by Crippen LogP contribution is -2.43. The van der Waals surface area contributed by atoms with Gasteiger partial charge in [0.1, 0.15) is 0 Å². The maximum Gasteiger partial charge on any atom is 0.264 e. The molecule has 0 saturated carbocycles. The number of anilines is 2. The average molecular weight is 439 g/mol. The van der Waals surface area contributed by atoms with E-state index in [0.29, 0.717) is 18.0 Å². The van der Waals surface area contributed by atoms with Gasteiger partial charge in [-0.3, -0.25) is 4.31 Å². The second-order valence-corrected chi connectivity index (χ2v) is 10.3. The summed E-state index contributed by atoms with van der Waals surface area (Å²) in [7, 11) is -1.64. The second kappa shape index (κ2) is 9.31. The second-order valence-electron chi connectivity index (χ2n) is 8.47. The van der Waals surface area contributed by atoms with Gasteiger partial charge in [0.25, 0.3) is 10.0 Å². The highest BCUT2D eigenvalue weighted by Gasteiger charge is 2.33. The smallest absolute Gasteiger partial charge is 0.264 e. The lowest BCUT2D eigenvalue weighted by molar-refractivity contribution is 0.588. The van der Waals surface area contributed by atoms with Crippen molar-refractivity contribution >= 4 is 27.0 Å². The lowest BCUT2D eigenvalue weighted by atomic mass is 10.0. The van der Waals surface area contributed by atoms with E-state index in [1.807, 2.05) is 51.2 Å². The molecular weight excluding hydrogens is 404 g/mol. The fourth-order valence-corrected chi connectivity index (χ4v) is 5.90. The van der Waals surface area contributed by atoms with Crippen LogP contribution in [0.1, 0.15) is 50.3 Å². The Morgan fingerprint density at radius 3 is 2.45 bits per heavy atom. The molecule has 0 saturated heterocycles. The van der Waals surface area contributed by atoms with Crippen molar-refractivity contribution in [2.45, 2.75) is 52.4 Å². The number of para-hydroxylation sites is 1. The maximum atomic E-state index is 13.7. The molecule has 2 aromatic carbocycles. The molecule has 0 amide bonds. The van der Waals surface area contributed by atoms with Crippen molar-refractivity contribution < 1.29 is 8.42 Å². The van der Waals surface area contributed by atoms with Crippen molar-refractivity contribution in [3.63, 3.8) is 0 Å². The molecule has 4 nitrogen and oxygen atoms in total. The van der Waals surface area contributed by atoms with Crippen molar-refractivity contribution in [3.05, 3.63) is 70.8 Å². The zero-order valence-corrected chi connectivity index (χ0v) is 20.4. The Hall–Kier alpha value is -2.53. The quantitative estimate of drug-likeness (QED) is 0.512. The Labute approximate surface area is 187 Å². The maximum absolute atomic E-state index is 13.7. The van der Waals surface area contributed by atoms with Crippen LogP contribution in [0, 0.1) is 13.8 Å². The topological polar surface area (TPSA) is 40.6 Å². The van der Waals surface area contributed by atoms with E-state index in [1.165, 1.54) is 5.57 Å². The van der Waals surface area contributed by atoms with Crippen molar-refractivity contribution in [1.82, 2.24) is 0 Å². The third-order valence-electron chi connectivity index (χ3n) is 6.00. The van der Waals surface area contributed by atoms with E-state index < -0.39 is 10.0 Å². The molecule has 1 heterocycles. The Morgan fingerprint density at radius 2 is 1.77 bits per heavy atom. The fourth-order valence-electron chi connectivity index (χ4n) is 4.16. The van der Waals surface area contributed by atoms with E-state index in [0.717, 1.165) is 46.5 Å². The Balaban J connectivity index is 1.96. The molecule has 0 bridgehead atoms. The summed E-state index contributed by atoms with van der Waals surface area (Å²) in [5.41, 5.74) is 7.07. The molecule has 5 heteroatoms. The summed E-state index contributed by atoms with van der Waals surface area (Å²) in [5, 5.41) is 0. The van der Waals surface area contributed by atoms with Gasteiger partial charge in [-0.1, -0.05) is 48.9 Å². The molecule has 0 N–H and O–H groups in total. The van der Waals surface area contributed by atoms with Crippen LogP contribution < -0.4 is 9.21 Å². The first-order valence-corrected chi connectivity index (χ1v) is 12.4. The van der Waals surface area contributed by atoms with Crippen LogP contribution in [0.15, 0.2) is 59.0 Å². The highest BCUT2D eigenvalue weighted by Crippen LogP contribution is 2.39. The van der Waals surface area contributed by atoms with Crippen LogP contribution in [0.3, 0.4) is 0 Å². The number of nitrogens with zero attached hydrogens (tertiary/aromatic N) is 2. The molecule has 1 aliphatic heterocycles. The van der Waals surface area contributed by atoms with E-state index in [-0.39, 0.29) is 0 Å². The lowest BCUT2D eigenvalue weighted by Gasteiger charge is -2.37. The van der Waals surface area contributed by atoms with E-state index in [2.05, 4.69) is 37.8 Å². The summed E-state index contributed by atoms with van der Waals surface area (Å²) in [4.78, 5) is 2.50. The summed E-state index contributed by atoms with van der Waals surface area (Å²) in [6.45, 7) is 11.3. The zero-order valence-electron chi connectivity index (χ0n) is 19.6. The number of aryl methyl sites for hydroxylation is 2. The van der Waals surface area contributed by atoms with Gasteiger partial charge < -0.3 is 4.90 Å². The Bertz CT molecular complexity index is 1130. The minimum Gasteiger partial charge on any atom is -0.371 e. The van der Waals surface area contributed by atoms with Crippen LogP contribution in [0.4, 0.5) is 11.4 Å². The Kier molecular flexibility index (Phi) is 6.95. The molecule has 0 fully saturated rings. The van der Waals surface area contributed by atoms with Gasteiger partial charge in [-0.2, -0.15) is 0 Å². The van der Waals surface area contributed by atoms with Crippen LogP contribution in [0.2, 0.25) is 0 Å². The molecule has 0 aliphatic carbocycles. The predicted octanol–water partition coefficient (Wildman–Crippen LogP) is 6.10. The number of benzene rings is 2.